The van der Waals surface area contributed by atoms with E-state index in [1.807, 2.05) is 43.3 Å². The third-order valence-corrected chi connectivity index (χ3v) is 5.11. The standard InChI is InChI=1S/C25H30O4/c1-5-18(2)21-13-14-24(25(17-21)26-4)29-19(3)27-15-16-28-23-12-8-10-20-9-6-7-11-22(20)23/h6-14,17-19H,5,15-16H2,1-4H3. The van der Waals surface area contributed by atoms with Crippen molar-refractivity contribution in [2.45, 2.75) is 39.4 Å². The van der Waals surface area contributed by atoms with Crippen LogP contribution < -0.4 is 14.2 Å². The second-order valence-electron chi connectivity index (χ2n) is 7.10. The molecule has 3 rings (SSSR count). The van der Waals surface area contributed by atoms with Crippen molar-refractivity contribution in [3.63, 3.8) is 0 Å². The van der Waals surface area contributed by atoms with Crippen LogP contribution >= 0.6 is 0 Å². The quantitative estimate of drug-likeness (QED) is 0.304. The Morgan fingerprint density at radius 1 is 0.828 bits per heavy atom. The van der Waals surface area contributed by atoms with Gasteiger partial charge in [-0.15, -0.1) is 0 Å². The van der Waals surface area contributed by atoms with E-state index in [-0.39, 0.29) is 0 Å². The van der Waals surface area contributed by atoms with Crippen LogP contribution in [-0.2, 0) is 4.74 Å². The van der Waals surface area contributed by atoms with Gasteiger partial charge in [-0.25, -0.2) is 0 Å². The van der Waals surface area contributed by atoms with E-state index in [2.05, 4.69) is 38.1 Å². The van der Waals surface area contributed by atoms with E-state index in [1.54, 1.807) is 7.11 Å². The first-order valence-corrected chi connectivity index (χ1v) is 10.2. The summed E-state index contributed by atoms with van der Waals surface area (Å²) in [5, 5.41) is 2.26. The molecule has 0 saturated carbocycles. The van der Waals surface area contributed by atoms with Crippen LogP contribution in [0.2, 0.25) is 0 Å². The molecule has 0 N–H and O–H groups in total. The van der Waals surface area contributed by atoms with E-state index >= 15 is 0 Å². The molecule has 4 nitrogen and oxygen atoms in total. The molecule has 2 atom stereocenters. The smallest absolute Gasteiger partial charge is 0.197 e. The van der Waals surface area contributed by atoms with Crippen molar-refractivity contribution in [3.8, 4) is 17.2 Å². The zero-order valence-corrected chi connectivity index (χ0v) is 17.7. The Bertz CT molecular complexity index is 916. The van der Waals surface area contributed by atoms with Crippen molar-refractivity contribution >= 4 is 10.8 Å². The fraction of sp³-hybridized carbons (Fsp3) is 0.360. The largest absolute Gasteiger partial charge is 0.493 e. The lowest BCUT2D eigenvalue weighted by molar-refractivity contribution is -0.0747. The fourth-order valence-electron chi connectivity index (χ4n) is 3.22. The van der Waals surface area contributed by atoms with Crippen molar-refractivity contribution in [1.82, 2.24) is 0 Å². The molecule has 29 heavy (non-hydrogen) atoms. The zero-order valence-electron chi connectivity index (χ0n) is 17.7. The number of benzene rings is 3. The number of ether oxygens (including phenoxy) is 4. The maximum atomic E-state index is 5.92. The number of methoxy groups -OCH3 is 1. The van der Waals surface area contributed by atoms with Gasteiger partial charge in [0, 0.05) is 5.39 Å². The fourth-order valence-corrected chi connectivity index (χ4v) is 3.22. The molecule has 4 heteroatoms. The molecule has 0 heterocycles. The minimum Gasteiger partial charge on any atom is -0.493 e. The Hall–Kier alpha value is -2.72. The van der Waals surface area contributed by atoms with Crippen molar-refractivity contribution in [1.29, 1.82) is 0 Å². The molecule has 3 aromatic carbocycles. The summed E-state index contributed by atoms with van der Waals surface area (Å²) in [6.45, 7) is 7.14. The Labute approximate surface area is 173 Å². The SMILES string of the molecule is CCC(C)c1ccc(OC(C)OCCOc2cccc3ccccc23)c(OC)c1. The summed E-state index contributed by atoms with van der Waals surface area (Å²) >= 11 is 0. The van der Waals surface area contributed by atoms with Gasteiger partial charge in [0.25, 0.3) is 0 Å². The summed E-state index contributed by atoms with van der Waals surface area (Å²) in [5.41, 5.74) is 1.24. The van der Waals surface area contributed by atoms with Crippen LogP contribution in [0.25, 0.3) is 10.8 Å². The van der Waals surface area contributed by atoms with Gasteiger partial charge in [0.15, 0.2) is 17.8 Å². The highest BCUT2D eigenvalue weighted by Crippen LogP contribution is 2.32. The van der Waals surface area contributed by atoms with E-state index in [0.717, 1.165) is 28.7 Å². The van der Waals surface area contributed by atoms with Crippen molar-refractivity contribution in [2.75, 3.05) is 20.3 Å². The number of hydrogen-bond acceptors (Lipinski definition) is 4. The maximum Gasteiger partial charge on any atom is 0.197 e. The summed E-state index contributed by atoms with van der Waals surface area (Å²) in [5.74, 6) is 2.76. The van der Waals surface area contributed by atoms with Crippen LogP contribution in [0.15, 0.2) is 60.7 Å². The minimum atomic E-state index is -0.408. The molecular weight excluding hydrogens is 364 g/mol. The van der Waals surface area contributed by atoms with Crippen LogP contribution in [0, 0.1) is 0 Å². The van der Waals surface area contributed by atoms with E-state index in [9.17, 15) is 0 Å². The second-order valence-corrected chi connectivity index (χ2v) is 7.10. The van der Waals surface area contributed by atoms with Crippen LogP contribution in [0.3, 0.4) is 0 Å². The Morgan fingerprint density at radius 3 is 2.41 bits per heavy atom. The van der Waals surface area contributed by atoms with Gasteiger partial charge in [0.05, 0.1) is 13.7 Å². The normalized spacial score (nSPS) is 13.1. The molecule has 0 fully saturated rings. The molecule has 154 valence electrons. The minimum absolute atomic E-state index is 0.408. The van der Waals surface area contributed by atoms with Crippen LogP contribution in [0.5, 0.6) is 17.2 Å². The predicted octanol–water partition coefficient (Wildman–Crippen LogP) is 6.18. The molecule has 3 aromatic rings. The molecule has 0 aliphatic heterocycles. The first kappa shape index (κ1) is 21.0. The molecule has 0 bridgehead atoms. The Kier molecular flexibility index (Phi) is 7.36. The first-order valence-electron chi connectivity index (χ1n) is 10.2. The average Bonchev–Trinajstić information content (AvgIpc) is 2.76. The topological polar surface area (TPSA) is 36.9 Å². The highest BCUT2D eigenvalue weighted by atomic mass is 16.7. The molecule has 0 radical (unpaired) electrons. The van der Waals surface area contributed by atoms with Crippen LogP contribution in [0.4, 0.5) is 0 Å². The highest BCUT2D eigenvalue weighted by molar-refractivity contribution is 5.88. The molecule has 0 aliphatic carbocycles. The van der Waals surface area contributed by atoms with E-state index in [0.29, 0.717) is 24.9 Å². The van der Waals surface area contributed by atoms with Gasteiger partial charge in [0.2, 0.25) is 0 Å². The van der Waals surface area contributed by atoms with Crippen molar-refractivity contribution in [3.05, 3.63) is 66.2 Å². The Morgan fingerprint density at radius 2 is 1.62 bits per heavy atom. The van der Waals surface area contributed by atoms with Gasteiger partial charge >= 0.3 is 0 Å². The van der Waals surface area contributed by atoms with Gasteiger partial charge in [0.1, 0.15) is 12.4 Å². The van der Waals surface area contributed by atoms with Crippen LogP contribution in [0.1, 0.15) is 38.7 Å². The monoisotopic (exact) mass is 394 g/mol. The summed E-state index contributed by atoms with van der Waals surface area (Å²) in [7, 11) is 1.66. The summed E-state index contributed by atoms with van der Waals surface area (Å²) < 4.78 is 23.1. The molecule has 0 amide bonds. The van der Waals surface area contributed by atoms with Gasteiger partial charge in [-0.3, -0.25) is 0 Å². The van der Waals surface area contributed by atoms with Gasteiger partial charge < -0.3 is 18.9 Å². The number of fused-ring (bicyclic) bond motifs is 1. The second kappa shape index (κ2) is 10.2. The lowest BCUT2D eigenvalue weighted by Crippen LogP contribution is -2.20. The highest BCUT2D eigenvalue weighted by Gasteiger charge is 2.12. The lowest BCUT2D eigenvalue weighted by Gasteiger charge is -2.19. The Balaban J connectivity index is 1.52. The van der Waals surface area contributed by atoms with E-state index < -0.39 is 6.29 Å². The number of rotatable bonds is 10. The molecule has 0 spiro atoms. The average molecular weight is 395 g/mol. The summed E-state index contributed by atoms with van der Waals surface area (Å²) in [6.07, 6.45) is 0.675. The van der Waals surface area contributed by atoms with Crippen molar-refractivity contribution < 1.29 is 18.9 Å². The first-order chi connectivity index (χ1) is 14.1. The summed E-state index contributed by atoms with van der Waals surface area (Å²) in [6, 6.07) is 20.3. The predicted molar refractivity (Wildman–Crippen MR) is 117 cm³/mol. The lowest BCUT2D eigenvalue weighted by atomic mass is 9.98. The van der Waals surface area contributed by atoms with Gasteiger partial charge in [-0.05, 0) is 48.4 Å². The van der Waals surface area contributed by atoms with E-state index in [4.69, 9.17) is 18.9 Å². The summed E-state index contributed by atoms with van der Waals surface area (Å²) in [4.78, 5) is 0. The zero-order chi connectivity index (χ0) is 20.6. The molecule has 0 saturated heterocycles. The van der Waals surface area contributed by atoms with Crippen molar-refractivity contribution in [2.24, 2.45) is 0 Å². The third-order valence-electron chi connectivity index (χ3n) is 5.11. The van der Waals surface area contributed by atoms with Crippen LogP contribution in [-0.4, -0.2) is 26.6 Å². The maximum absolute atomic E-state index is 5.92. The molecule has 2 unspecified atom stereocenters. The molecular formula is C25H30O4. The van der Waals surface area contributed by atoms with Gasteiger partial charge in [-0.2, -0.15) is 0 Å². The third kappa shape index (κ3) is 5.42. The van der Waals surface area contributed by atoms with Gasteiger partial charge in [-0.1, -0.05) is 56.3 Å². The molecule has 0 aliphatic rings. The number of hydrogen-bond donors (Lipinski definition) is 0. The molecule has 0 aromatic heterocycles. The van der Waals surface area contributed by atoms with E-state index in [1.165, 1.54) is 5.56 Å².